The van der Waals surface area contributed by atoms with E-state index in [2.05, 4.69) is 0 Å². The standard InChI is InChI=1S/C12H15ClO4/c1-8(14)7-17-11-3-2-9(13)6-10(11)12-15-4-5-16-12/h2-3,6,8,12,14H,4-5,7H2,1H3. The molecule has 0 radical (unpaired) electrons. The number of aliphatic hydroxyl groups excluding tert-OH is 1. The molecule has 1 aliphatic heterocycles. The summed E-state index contributed by atoms with van der Waals surface area (Å²) in [4.78, 5) is 0. The van der Waals surface area contributed by atoms with Gasteiger partial charge >= 0.3 is 0 Å². The summed E-state index contributed by atoms with van der Waals surface area (Å²) in [6.45, 7) is 3.01. The number of hydrogen-bond acceptors (Lipinski definition) is 4. The van der Waals surface area contributed by atoms with Crippen molar-refractivity contribution >= 4 is 11.6 Å². The average molecular weight is 259 g/mol. The normalized spacial score (nSPS) is 18.3. The Morgan fingerprint density at radius 2 is 2.18 bits per heavy atom. The molecule has 2 rings (SSSR count). The van der Waals surface area contributed by atoms with Crippen molar-refractivity contribution in [3.63, 3.8) is 0 Å². The Hall–Kier alpha value is -0.810. The second-order valence-corrected chi connectivity index (χ2v) is 4.35. The molecule has 1 unspecified atom stereocenters. The molecule has 1 heterocycles. The molecule has 1 saturated heterocycles. The summed E-state index contributed by atoms with van der Waals surface area (Å²) in [6.07, 6.45) is -0.957. The van der Waals surface area contributed by atoms with Crippen LogP contribution in [0.3, 0.4) is 0 Å². The van der Waals surface area contributed by atoms with Crippen LogP contribution in [0, 0.1) is 0 Å². The van der Waals surface area contributed by atoms with Crippen molar-refractivity contribution in [3.8, 4) is 5.75 Å². The molecule has 1 N–H and O–H groups in total. The first-order valence-corrected chi connectivity index (χ1v) is 5.88. The molecule has 0 bridgehead atoms. The van der Waals surface area contributed by atoms with Gasteiger partial charge in [0.1, 0.15) is 12.4 Å². The molecule has 0 spiro atoms. The molecule has 5 heteroatoms. The highest BCUT2D eigenvalue weighted by Gasteiger charge is 2.22. The van der Waals surface area contributed by atoms with E-state index in [4.69, 9.17) is 25.8 Å². The first kappa shape index (κ1) is 12.6. The highest BCUT2D eigenvalue weighted by molar-refractivity contribution is 6.30. The van der Waals surface area contributed by atoms with Gasteiger partial charge in [0.2, 0.25) is 0 Å². The van der Waals surface area contributed by atoms with Crippen LogP contribution in [0.4, 0.5) is 0 Å². The average Bonchev–Trinajstić information content (AvgIpc) is 2.80. The lowest BCUT2D eigenvalue weighted by molar-refractivity contribution is -0.0461. The van der Waals surface area contributed by atoms with Crippen LogP contribution in [0.2, 0.25) is 5.02 Å². The predicted octanol–water partition coefficient (Wildman–Crippen LogP) is 2.15. The quantitative estimate of drug-likeness (QED) is 0.899. The Morgan fingerprint density at radius 1 is 1.47 bits per heavy atom. The van der Waals surface area contributed by atoms with E-state index in [0.717, 1.165) is 5.56 Å². The maximum Gasteiger partial charge on any atom is 0.187 e. The molecule has 1 aromatic rings. The first-order chi connectivity index (χ1) is 8.16. The Labute approximate surface area is 105 Å². The smallest absolute Gasteiger partial charge is 0.187 e. The van der Waals surface area contributed by atoms with Gasteiger partial charge in [0.25, 0.3) is 0 Å². The summed E-state index contributed by atoms with van der Waals surface area (Å²) >= 11 is 5.94. The van der Waals surface area contributed by atoms with Gasteiger partial charge in [0, 0.05) is 5.02 Å². The van der Waals surface area contributed by atoms with Crippen LogP contribution >= 0.6 is 11.6 Å². The van der Waals surface area contributed by atoms with E-state index in [1.807, 2.05) is 0 Å². The van der Waals surface area contributed by atoms with Crippen LogP contribution in [0.15, 0.2) is 18.2 Å². The summed E-state index contributed by atoms with van der Waals surface area (Å²) in [5.74, 6) is 0.627. The van der Waals surface area contributed by atoms with Gasteiger partial charge in [-0.25, -0.2) is 0 Å². The molecular formula is C12H15ClO4. The fourth-order valence-electron chi connectivity index (χ4n) is 1.58. The molecule has 0 saturated carbocycles. The van der Waals surface area contributed by atoms with Gasteiger partial charge in [-0.05, 0) is 25.1 Å². The van der Waals surface area contributed by atoms with Crippen molar-refractivity contribution in [2.75, 3.05) is 19.8 Å². The lowest BCUT2D eigenvalue weighted by Gasteiger charge is -2.16. The van der Waals surface area contributed by atoms with Crippen molar-refractivity contribution in [3.05, 3.63) is 28.8 Å². The largest absolute Gasteiger partial charge is 0.490 e. The molecule has 4 nitrogen and oxygen atoms in total. The van der Waals surface area contributed by atoms with E-state index in [1.54, 1.807) is 25.1 Å². The zero-order valence-corrected chi connectivity index (χ0v) is 10.3. The van der Waals surface area contributed by atoms with Crippen LogP contribution in [-0.2, 0) is 9.47 Å². The lowest BCUT2D eigenvalue weighted by Crippen LogP contribution is -2.14. The summed E-state index contributed by atoms with van der Waals surface area (Å²) in [5, 5.41) is 9.81. The van der Waals surface area contributed by atoms with Gasteiger partial charge in [-0.2, -0.15) is 0 Å². The molecular weight excluding hydrogens is 244 g/mol. The minimum atomic E-state index is -0.524. The van der Waals surface area contributed by atoms with Gasteiger partial charge in [0.05, 0.1) is 24.9 Å². The fraction of sp³-hybridized carbons (Fsp3) is 0.500. The Bertz CT molecular complexity index is 375. The number of halogens is 1. The van der Waals surface area contributed by atoms with Gasteiger partial charge < -0.3 is 19.3 Å². The van der Waals surface area contributed by atoms with Gasteiger partial charge in [0.15, 0.2) is 6.29 Å². The third-order valence-corrected chi connectivity index (χ3v) is 2.56. The highest BCUT2D eigenvalue weighted by atomic mass is 35.5. The highest BCUT2D eigenvalue weighted by Crippen LogP contribution is 2.33. The van der Waals surface area contributed by atoms with Crippen molar-refractivity contribution in [1.29, 1.82) is 0 Å². The Morgan fingerprint density at radius 3 is 2.82 bits per heavy atom. The lowest BCUT2D eigenvalue weighted by atomic mass is 10.2. The zero-order chi connectivity index (χ0) is 12.3. The van der Waals surface area contributed by atoms with E-state index in [9.17, 15) is 5.11 Å². The molecule has 94 valence electrons. The molecule has 1 aromatic carbocycles. The van der Waals surface area contributed by atoms with Crippen LogP contribution in [-0.4, -0.2) is 31.0 Å². The first-order valence-electron chi connectivity index (χ1n) is 5.50. The molecule has 0 amide bonds. The van der Waals surface area contributed by atoms with Crippen molar-refractivity contribution in [1.82, 2.24) is 0 Å². The van der Waals surface area contributed by atoms with Crippen LogP contribution in [0.25, 0.3) is 0 Å². The van der Waals surface area contributed by atoms with Gasteiger partial charge in [-0.15, -0.1) is 0 Å². The van der Waals surface area contributed by atoms with Crippen molar-refractivity contribution in [2.24, 2.45) is 0 Å². The Balaban J connectivity index is 2.17. The molecule has 0 aromatic heterocycles. The SMILES string of the molecule is CC(O)COc1ccc(Cl)cc1C1OCCO1. The summed E-state index contributed by atoms with van der Waals surface area (Å²) in [5.41, 5.74) is 0.760. The number of hydrogen-bond donors (Lipinski definition) is 1. The van der Waals surface area contributed by atoms with Gasteiger partial charge in [-0.3, -0.25) is 0 Å². The van der Waals surface area contributed by atoms with Crippen molar-refractivity contribution in [2.45, 2.75) is 19.3 Å². The summed E-state index contributed by atoms with van der Waals surface area (Å²) in [7, 11) is 0. The monoisotopic (exact) mass is 258 g/mol. The second-order valence-electron chi connectivity index (χ2n) is 3.92. The maximum atomic E-state index is 9.21. The molecule has 1 aliphatic rings. The fourth-order valence-corrected chi connectivity index (χ4v) is 1.76. The summed E-state index contributed by atoms with van der Waals surface area (Å²) < 4.78 is 16.3. The number of benzene rings is 1. The van der Waals surface area contributed by atoms with E-state index in [0.29, 0.717) is 24.0 Å². The van der Waals surface area contributed by atoms with E-state index in [1.165, 1.54) is 0 Å². The number of ether oxygens (including phenoxy) is 3. The maximum absolute atomic E-state index is 9.21. The molecule has 17 heavy (non-hydrogen) atoms. The summed E-state index contributed by atoms with van der Waals surface area (Å²) in [6, 6.07) is 5.25. The molecule has 1 atom stereocenters. The van der Waals surface area contributed by atoms with E-state index in [-0.39, 0.29) is 6.61 Å². The predicted molar refractivity (Wildman–Crippen MR) is 63.3 cm³/mol. The Kier molecular flexibility index (Phi) is 4.23. The van der Waals surface area contributed by atoms with Crippen molar-refractivity contribution < 1.29 is 19.3 Å². The minimum Gasteiger partial charge on any atom is -0.490 e. The third-order valence-electron chi connectivity index (χ3n) is 2.33. The topological polar surface area (TPSA) is 47.9 Å². The zero-order valence-electron chi connectivity index (χ0n) is 9.56. The third kappa shape index (κ3) is 3.33. The van der Waals surface area contributed by atoms with E-state index < -0.39 is 12.4 Å². The van der Waals surface area contributed by atoms with Crippen LogP contribution in [0.5, 0.6) is 5.75 Å². The van der Waals surface area contributed by atoms with Crippen LogP contribution in [0.1, 0.15) is 18.8 Å². The number of rotatable bonds is 4. The second kappa shape index (κ2) is 5.69. The van der Waals surface area contributed by atoms with E-state index >= 15 is 0 Å². The molecule has 0 aliphatic carbocycles. The van der Waals surface area contributed by atoms with Crippen LogP contribution < -0.4 is 4.74 Å². The minimum absolute atomic E-state index is 0.224. The number of aliphatic hydroxyl groups is 1. The van der Waals surface area contributed by atoms with Gasteiger partial charge in [-0.1, -0.05) is 11.6 Å². The molecule has 1 fully saturated rings.